The third-order valence-electron chi connectivity index (χ3n) is 3.17. The van der Waals surface area contributed by atoms with Crippen molar-refractivity contribution >= 4 is 11.3 Å². The van der Waals surface area contributed by atoms with Gasteiger partial charge in [0.1, 0.15) is 10.0 Å². The predicted octanol–water partition coefficient (Wildman–Crippen LogP) is 3.48. The van der Waals surface area contributed by atoms with E-state index in [9.17, 15) is 0 Å². The summed E-state index contributed by atoms with van der Waals surface area (Å²) in [7, 11) is 0. The van der Waals surface area contributed by atoms with Gasteiger partial charge in [0, 0.05) is 12.3 Å². The van der Waals surface area contributed by atoms with Gasteiger partial charge in [-0.25, -0.2) is 0 Å². The van der Waals surface area contributed by atoms with Gasteiger partial charge in [-0.05, 0) is 31.3 Å². The number of hydrogen-bond acceptors (Lipinski definition) is 4. The van der Waals surface area contributed by atoms with E-state index in [0.29, 0.717) is 11.8 Å². The molecule has 0 spiro atoms. The molecule has 1 atom stereocenters. The first-order chi connectivity index (χ1) is 8.50. The van der Waals surface area contributed by atoms with Gasteiger partial charge in [0.05, 0.1) is 0 Å². The summed E-state index contributed by atoms with van der Waals surface area (Å²) in [6.07, 6.45) is 2.20. The van der Waals surface area contributed by atoms with E-state index in [0.717, 1.165) is 31.8 Å². The fraction of sp³-hybridized carbons (Fsp3) is 0.857. The molecule has 1 heterocycles. The van der Waals surface area contributed by atoms with Crippen LogP contribution in [0.3, 0.4) is 0 Å². The minimum absolute atomic E-state index is 0.523. The van der Waals surface area contributed by atoms with Crippen LogP contribution >= 0.6 is 11.3 Å². The van der Waals surface area contributed by atoms with Crippen molar-refractivity contribution in [3.8, 4) is 0 Å². The van der Waals surface area contributed by atoms with Gasteiger partial charge >= 0.3 is 0 Å². The summed E-state index contributed by atoms with van der Waals surface area (Å²) >= 11 is 1.78. The van der Waals surface area contributed by atoms with E-state index in [1.54, 1.807) is 11.3 Å². The third-order valence-corrected chi connectivity index (χ3v) is 4.35. The molecule has 0 radical (unpaired) electrons. The highest BCUT2D eigenvalue weighted by molar-refractivity contribution is 7.11. The molecule has 1 N–H and O–H groups in total. The van der Waals surface area contributed by atoms with Crippen molar-refractivity contribution in [3.05, 3.63) is 10.0 Å². The summed E-state index contributed by atoms with van der Waals surface area (Å²) < 4.78 is 0. The summed E-state index contributed by atoms with van der Waals surface area (Å²) in [5.41, 5.74) is 0. The highest BCUT2D eigenvalue weighted by Gasteiger charge is 2.15. The summed E-state index contributed by atoms with van der Waals surface area (Å²) in [6, 6.07) is 0. The van der Waals surface area contributed by atoms with Gasteiger partial charge < -0.3 is 5.32 Å². The molecule has 104 valence electrons. The lowest BCUT2D eigenvalue weighted by molar-refractivity contribution is 0.528. The topological polar surface area (TPSA) is 37.8 Å². The van der Waals surface area contributed by atoms with Crippen LogP contribution < -0.4 is 5.32 Å². The van der Waals surface area contributed by atoms with Crippen molar-refractivity contribution < 1.29 is 0 Å². The predicted molar refractivity (Wildman–Crippen MR) is 79.2 cm³/mol. The molecule has 4 heteroatoms. The van der Waals surface area contributed by atoms with Crippen molar-refractivity contribution in [2.24, 2.45) is 11.8 Å². The molecule has 0 aliphatic heterocycles. The maximum Gasteiger partial charge on any atom is 0.120 e. The molecule has 1 rings (SSSR count). The van der Waals surface area contributed by atoms with Crippen molar-refractivity contribution in [3.63, 3.8) is 0 Å². The fourth-order valence-corrected chi connectivity index (χ4v) is 2.70. The Hall–Kier alpha value is -0.480. The Kier molecular flexibility index (Phi) is 6.79. The van der Waals surface area contributed by atoms with E-state index in [1.807, 2.05) is 0 Å². The van der Waals surface area contributed by atoms with E-state index in [-0.39, 0.29) is 0 Å². The molecule has 0 aliphatic carbocycles. The molecule has 1 aromatic rings. The van der Waals surface area contributed by atoms with E-state index >= 15 is 0 Å². The van der Waals surface area contributed by atoms with Crippen LogP contribution in [0.25, 0.3) is 0 Å². The highest BCUT2D eigenvalue weighted by atomic mass is 32.1. The van der Waals surface area contributed by atoms with Gasteiger partial charge in [-0.2, -0.15) is 0 Å². The zero-order valence-electron chi connectivity index (χ0n) is 12.4. The van der Waals surface area contributed by atoms with E-state index in [2.05, 4.69) is 50.1 Å². The molecule has 0 saturated carbocycles. The van der Waals surface area contributed by atoms with Gasteiger partial charge in [-0.3, -0.25) is 0 Å². The van der Waals surface area contributed by atoms with E-state index < -0.39 is 0 Å². The Labute approximate surface area is 115 Å². The molecule has 0 aliphatic rings. The molecule has 1 aromatic heterocycles. The quantitative estimate of drug-likeness (QED) is 0.734. The molecule has 18 heavy (non-hydrogen) atoms. The summed E-state index contributed by atoms with van der Waals surface area (Å²) in [5, 5.41) is 14.4. The van der Waals surface area contributed by atoms with Crippen molar-refractivity contribution in [1.82, 2.24) is 15.5 Å². The third kappa shape index (κ3) is 5.44. The Morgan fingerprint density at radius 1 is 1.11 bits per heavy atom. The molecule has 3 nitrogen and oxygen atoms in total. The Morgan fingerprint density at radius 2 is 1.83 bits per heavy atom. The van der Waals surface area contributed by atoms with Gasteiger partial charge in [0.25, 0.3) is 0 Å². The molecular formula is C14H27N3S. The second kappa shape index (κ2) is 7.85. The number of aryl methyl sites for hydroxylation is 1. The molecule has 0 bridgehead atoms. The highest BCUT2D eigenvalue weighted by Crippen LogP contribution is 2.26. The van der Waals surface area contributed by atoms with Crippen LogP contribution in [-0.2, 0) is 6.42 Å². The molecule has 0 aromatic carbocycles. The van der Waals surface area contributed by atoms with Crippen molar-refractivity contribution in [2.75, 3.05) is 13.1 Å². The van der Waals surface area contributed by atoms with Crippen LogP contribution in [0.2, 0.25) is 0 Å². The van der Waals surface area contributed by atoms with Gasteiger partial charge in [0.15, 0.2) is 0 Å². The standard InChI is InChI=1S/C14H27N3S/c1-10(2)9-15-8-6-7-13-16-17-14(18-13)12(5)11(3)4/h10-12,15H,6-9H2,1-5H3. The molecule has 0 fully saturated rings. The largest absolute Gasteiger partial charge is 0.316 e. The van der Waals surface area contributed by atoms with Crippen LogP contribution in [-0.4, -0.2) is 23.3 Å². The van der Waals surface area contributed by atoms with Crippen LogP contribution in [0.1, 0.15) is 57.0 Å². The molecule has 0 amide bonds. The number of hydrogen-bond donors (Lipinski definition) is 1. The van der Waals surface area contributed by atoms with Crippen molar-refractivity contribution in [1.29, 1.82) is 0 Å². The lowest BCUT2D eigenvalue weighted by Crippen LogP contribution is -2.21. The second-order valence-electron chi connectivity index (χ2n) is 5.77. The average Bonchev–Trinajstić information content (AvgIpc) is 2.75. The summed E-state index contributed by atoms with van der Waals surface area (Å²) in [5.74, 6) is 1.89. The number of aromatic nitrogens is 2. The van der Waals surface area contributed by atoms with E-state index in [1.165, 1.54) is 10.0 Å². The lowest BCUT2D eigenvalue weighted by atomic mass is 9.99. The number of nitrogens with zero attached hydrogens (tertiary/aromatic N) is 2. The first kappa shape index (κ1) is 15.6. The van der Waals surface area contributed by atoms with E-state index in [4.69, 9.17) is 0 Å². The maximum atomic E-state index is 4.31. The van der Waals surface area contributed by atoms with Gasteiger partial charge in [0.2, 0.25) is 0 Å². The maximum absolute atomic E-state index is 4.31. The fourth-order valence-electron chi connectivity index (χ4n) is 1.59. The monoisotopic (exact) mass is 269 g/mol. The minimum Gasteiger partial charge on any atom is -0.316 e. The van der Waals surface area contributed by atoms with Crippen LogP contribution in [0.4, 0.5) is 0 Å². The molecule has 0 saturated heterocycles. The Balaban J connectivity index is 2.27. The smallest absolute Gasteiger partial charge is 0.120 e. The summed E-state index contributed by atoms with van der Waals surface area (Å²) in [6.45, 7) is 13.4. The summed E-state index contributed by atoms with van der Waals surface area (Å²) in [4.78, 5) is 0. The second-order valence-corrected chi connectivity index (χ2v) is 6.86. The molecule has 1 unspecified atom stereocenters. The first-order valence-electron chi connectivity index (χ1n) is 7.03. The number of rotatable bonds is 8. The van der Waals surface area contributed by atoms with Crippen molar-refractivity contribution in [2.45, 2.75) is 53.4 Å². The zero-order valence-corrected chi connectivity index (χ0v) is 13.2. The Morgan fingerprint density at radius 3 is 2.44 bits per heavy atom. The SMILES string of the molecule is CC(C)CNCCCc1nnc(C(C)C(C)C)s1. The average molecular weight is 269 g/mol. The first-order valence-corrected chi connectivity index (χ1v) is 7.85. The Bertz CT molecular complexity index is 334. The zero-order chi connectivity index (χ0) is 13.5. The number of nitrogens with one attached hydrogen (secondary N) is 1. The minimum atomic E-state index is 0.523. The lowest BCUT2D eigenvalue weighted by Gasteiger charge is -2.10. The molecular weight excluding hydrogens is 242 g/mol. The van der Waals surface area contributed by atoms with Crippen LogP contribution in [0.15, 0.2) is 0 Å². The van der Waals surface area contributed by atoms with Gasteiger partial charge in [-0.1, -0.05) is 34.6 Å². The normalized spacial score (nSPS) is 13.5. The van der Waals surface area contributed by atoms with Gasteiger partial charge in [-0.15, -0.1) is 21.5 Å². The van der Waals surface area contributed by atoms with Crippen LogP contribution in [0, 0.1) is 11.8 Å². The van der Waals surface area contributed by atoms with Crippen LogP contribution in [0.5, 0.6) is 0 Å².